The second-order valence-corrected chi connectivity index (χ2v) is 3.18. The molecule has 0 fully saturated rings. The third-order valence-electron chi connectivity index (χ3n) is 1.81. The Kier molecular flexibility index (Phi) is 6.54. The van der Waals surface area contributed by atoms with Gasteiger partial charge in [-0.3, -0.25) is 4.79 Å². The molecule has 0 saturated heterocycles. The Morgan fingerprint density at radius 3 is 2.54 bits per heavy atom. The molecule has 0 aromatic heterocycles. The van der Waals surface area contributed by atoms with Gasteiger partial charge < -0.3 is 15.3 Å². The lowest BCUT2D eigenvalue weighted by Gasteiger charge is -2.25. The van der Waals surface area contributed by atoms with Gasteiger partial charge in [-0.1, -0.05) is 6.92 Å². The Morgan fingerprint density at radius 2 is 2.15 bits per heavy atom. The number of hydrogen-bond donors (Lipinski definition) is 2. The van der Waals surface area contributed by atoms with E-state index in [1.807, 2.05) is 20.8 Å². The highest BCUT2D eigenvalue weighted by atomic mass is 16.3. The van der Waals surface area contributed by atoms with Gasteiger partial charge in [0, 0.05) is 12.6 Å². The van der Waals surface area contributed by atoms with Crippen molar-refractivity contribution in [2.45, 2.75) is 26.8 Å². The number of aliphatic hydroxyl groups is 1. The highest BCUT2D eigenvalue weighted by Crippen LogP contribution is 1.97. The summed E-state index contributed by atoms with van der Waals surface area (Å²) >= 11 is 0. The van der Waals surface area contributed by atoms with Crippen molar-refractivity contribution in [3.05, 3.63) is 0 Å². The summed E-state index contributed by atoms with van der Waals surface area (Å²) < 4.78 is 0. The van der Waals surface area contributed by atoms with E-state index < -0.39 is 0 Å². The Balaban J connectivity index is 3.96. The average Bonchev–Trinajstić information content (AvgIpc) is 2.09. The number of hydrogen-bond acceptors (Lipinski definition) is 3. The average molecular weight is 188 g/mol. The molecule has 13 heavy (non-hydrogen) atoms. The van der Waals surface area contributed by atoms with Crippen molar-refractivity contribution in [3.63, 3.8) is 0 Å². The molecule has 0 aliphatic carbocycles. The maximum Gasteiger partial charge on any atom is 0.236 e. The van der Waals surface area contributed by atoms with Crippen molar-refractivity contribution in [1.29, 1.82) is 0 Å². The van der Waals surface area contributed by atoms with Gasteiger partial charge in [-0.05, 0) is 20.4 Å². The number of nitrogens with one attached hydrogen (secondary N) is 1. The van der Waals surface area contributed by atoms with Gasteiger partial charge in [0.05, 0.1) is 13.2 Å². The minimum absolute atomic E-state index is 0.0239. The molecule has 0 rings (SSSR count). The zero-order valence-electron chi connectivity index (χ0n) is 8.71. The van der Waals surface area contributed by atoms with Gasteiger partial charge in [0.15, 0.2) is 0 Å². The van der Waals surface area contributed by atoms with Gasteiger partial charge in [0.2, 0.25) is 5.91 Å². The Hall–Kier alpha value is -0.610. The summed E-state index contributed by atoms with van der Waals surface area (Å²) in [6.07, 6.45) is 0. The van der Waals surface area contributed by atoms with Crippen LogP contribution in [0.1, 0.15) is 20.8 Å². The fraction of sp³-hybridized carbons (Fsp3) is 0.889. The quantitative estimate of drug-likeness (QED) is 0.608. The van der Waals surface area contributed by atoms with Crippen LogP contribution in [0.2, 0.25) is 0 Å². The summed E-state index contributed by atoms with van der Waals surface area (Å²) in [6.45, 7) is 7.43. The van der Waals surface area contributed by atoms with Crippen molar-refractivity contribution in [1.82, 2.24) is 10.2 Å². The van der Waals surface area contributed by atoms with Gasteiger partial charge in [0.25, 0.3) is 0 Å². The molecule has 0 aliphatic heterocycles. The molecule has 0 unspecified atom stereocenters. The van der Waals surface area contributed by atoms with Crippen LogP contribution in [0.15, 0.2) is 0 Å². The van der Waals surface area contributed by atoms with Gasteiger partial charge in [-0.25, -0.2) is 0 Å². The molecule has 0 heterocycles. The summed E-state index contributed by atoms with van der Waals surface area (Å²) in [5.74, 6) is 0.0471. The second kappa shape index (κ2) is 6.86. The second-order valence-electron chi connectivity index (χ2n) is 3.18. The summed E-state index contributed by atoms with van der Waals surface area (Å²) in [6, 6.07) is 0.151. The van der Waals surface area contributed by atoms with Crippen molar-refractivity contribution in [3.8, 4) is 0 Å². The summed E-state index contributed by atoms with van der Waals surface area (Å²) in [5, 5.41) is 11.7. The lowest BCUT2D eigenvalue weighted by Crippen LogP contribution is -2.43. The first-order valence-corrected chi connectivity index (χ1v) is 4.74. The Morgan fingerprint density at radius 1 is 1.54 bits per heavy atom. The van der Waals surface area contributed by atoms with Gasteiger partial charge >= 0.3 is 0 Å². The number of carbonyl (C=O) groups excluding carboxylic acids is 1. The topological polar surface area (TPSA) is 52.6 Å². The summed E-state index contributed by atoms with van der Waals surface area (Å²) in [7, 11) is 0. The number of likely N-dealkylation sites (N-methyl/N-ethyl adjacent to an activating group) is 1. The highest BCUT2D eigenvalue weighted by Gasteiger charge is 2.14. The third kappa shape index (κ3) is 4.85. The molecule has 0 aromatic rings. The van der Waals surface area contributed by atoms with Crippen LogP contribution in [0.4, 0.5) is 0 Å². The van der Waals surface area contributed by atoms with E-state index in [0.717, 1.165) is 6.54 Å². The lowest BCUT2D eigenvalue weighted by atomic mass is 10.3. The largest absolute Gasteiger partial charge is 0.395 e. The highest BCUT2D eigenvalue weighted by molar-refractivity contribution is 5.78. The van der Waals surface area contributed by atoms with E-state index in [2.05, 4.69) is 5.32 Å². The minimum Gasteiger partial charge on any atom is -0.395 e. The van der Waals surface area contributed by atoms with Crippen molar-refractivity contribution in [2.24, 2.45) is 0 Å². The summed E-state index contributed by atoms with van der Waals surface area (Å²) in [4.78, 5) is 13.2. The monoisotopic (exact) mass is 188 g/mol. The molecule has 0 bridgehead atoms. The van der Waals surface area contributed by atoms with E-state index in [1.165, 1.54) is 0 Å². The smallest absolute Gasteiger partial charge is 0.236 e. The predicted octanol–water partition coefficient (Wildman–Crippen LogP) is -0.175. The first-order valence-electron chi connectivity index (χ1n) is 4.74. The van der Waals surface area contributed by atoms with Gasteiger partial charge in [0.1, 0.15) is 0 Å². The zero-order valence-corrected chi connectivity index (χ0v) is 8.71. The van der Waals surface area contributed by atoms with E-state index in [9.17, 15) is 4.79 Å². The molecule has 0 aliphatic rings. The van der Waals surface area contributed by atoms with Crippen LogP contribution in [0, 0.1) is 0 Å². The molecule has 0 radical (unpaired) electrons. The molecular formula is C9H20N2O2. The number of aliphatic hydroxyl groups excluding tert-OH is 1. The zero-order chi connectivity index (χ0) is 10.3. The van der Waals surface area contributed by atoms with Crippen LogP contribution < -0.4 is 5.32 Å². The Bertz CT molecular complexity index is 149. The third-order valence-corrected chi connectivity index (χ3v) is 1.81. The molecule has 4 nitrogen and oxygen atoms in total. The van der Waals surface area contributed by atoms with Crippen LogP contribution in [0.5, 0.6) is 0 Å². The molecule has 1 amide bonds. The van der Waals surface area contributed by atoms with E-state index >= 15 is 0 Å². The summed E-state index contributed by atoms with van der Waals surface area (Å²) in [5.41, 5.74) is 0. The van der Waals surface area contributed by atoms with Crippen LogP contribution in [-0.4, -0.2) is 48.2 Å². The van der Waals surface area contributed by atoms with Crippen LogP contribution in [0.25, 0.3) is 0 Å². The number of nitrogens with zero attached hydrogens (tertiary/aromatic N) is 1. The van der Waals surface area contributed by atoms with E-state index in [-0.39, 0.29) is 18.6 Å². The van der Waals surface area contributed by atoms with Gasteiger partial charge in [-0.2, -0.15) is 0 Å². The molecule has 2 N–H and O–H groups in total. The number of rotatable bonds is 6. The van der Waals surface area contributed by atoms with Crippen LogP contribution >= 0.6 is 0 Å². The maximum atomic E-state index is 11.5. The first-order chi connectivity index (χ1) is 6.13. The molecule has 0 atom stereocenters. The van der Waals surface area contributed by atoms with Crippen molar-refractivity contribution >= 4 is 5.91 Å². The molecule has 78 valence electrons. The lowest BCUT2D eigenvalue weighted by molar-refractivity contribution is -0.132. The SMILES string of the molecule is CCNCC(=O)N(CCO)C(C)C. The van der Waals surface area contributed by atoms with E-state index in [4.69, 9.17) is 5.11 Å². The molecule has 0 spiro atoms. The first kappa shape index (κ1) is 12.4. The number of amides is 1. The fourth-order valence-electron chi connectivity index (χ4n) is 1.11. The van der Waals surface area contributed by atoms with Crippen LogP contribution in [-0.2, 0) is 4.79 Å². The van der Waals surface area contributed by atoms with Gasteiger partial charge in [-0.15, -0.1) is 0 Å². The number of carbonyl (C=O) groups is 1. The minimum atomic E-state index is 0.0239. The van der Waals surface area contributed by atoms with Crippen LogP contribution in [0.3, 0.4) is 0 Å². The van der Waals surface area contributed by atoms with Crippen molar-refractivity contribution in [2.75, 3.05) is 26.2 Å². The predicted molar refractivity (Wildman–Crippen MR) is 52.5 cm³/mol. The van der Waals surface area contributed by atoms with E-state index in [0.29, 0.717) is 13.1 Å². The fourth-order valence-corrected chi connectivity index (χ4v) is 1.11. The standard InChI is InChI=1S/C9H20N2O2/c1-4-10-7-9(13)11(5-6-12)8(2)3/h8,10,12H,4-7H2,1-3H3. The van der Waals surface area contributed by atoms with Crippen molar-refractivity contribution < 1.29 is 9.90 Å². The molecule has 0 saturated carbocycles. The molecular weight excluding hydrogens is 168 g/mol. The molecule has 0 aromatic carbocycles. The molecule has 4 heteroatoms. The maximum absolute atomic E-state index is 11.5. The van der Waals surface area contributed by atoms with E-state index in [1.54, 1.807) is 4.90 Å². The Labute approximate surface area is 79.9 Å². The normalized spacial score (nSPS) is 10.5.